The van der Waals surface area contributed by atoms with Gasteiger partial charge in [-0.05, 0) is 49.7 Å². The van der Waals surface area contributed by atoms with Crippen molar-refractivity contribution < 1.29 is 14.3 Å². The Kier molecular flexibility index (Phi) is 6.13. The molecule has 2 heterocycles. The van der Waals surface area contributed by atoms with Gasteiger partial charge in [-0.15, -0.1) is 0 Å². The molecule has 1 aromatic rings. The van der Waals surface area contributed by atoms with Gasteiger partial charge in [0.1, 0.15) is 0 Å². The second kappa shape index (κ2) is 8.33. The molecule has 0 unspecified atom stereocenters. The Bertz CT molecular complexity index is 578. The van der Waals surface area contributed by atoms with Gasteiger partial charge in [-0.2, -0.15) is 0 Å². The van der Waals surface area contributed by atoms with Crippen LogP contribution in [-0.4, -0.2) is 50.3 Å². The van der Waals surface area contributed by atoms with Gasteiger partial charge >= 0.3 is 0 Å². The molecule has 25 heavy (non-hydrogen) atoms. The van der Waals surface area contributed by atoms with Crippen molar-refractivity contribution in [2.75, 3.05) is 39.5 Å². The summed E-state index contributed by atoms with van der Waals surface area (Å²) in [7, 11) is 0. The first-order chi connectivity index (χ1) is 12.1. The molecule has 2 saturated heterocycles. The van der Waals surface area contributed by atoms with E-state index >= 15 is 0 Å². The lowest BCUT2D eigenvalue weighted by molar-refractivity contribution is -0.138. The van der Waals surface area contributed by atoms with Crippen LogP contribution in [0.5, 0.6) is 0 Å². The van der Waals surface area contributed by atoms with Crippen molar-refractivity contribution in [3.63, 3.8) is 0 Å². The minimum atomic E-state index is 0.262. The summed E-state index contributed by atoms with van der Waals surface area (Å²) in [5.74, 6) is 0.729. The predicted octanol–water partition coefficient (Wildman–Crippen LogP) is 3.22. The molecular formula is C21H31NO3. The van der Waals surface area contributed by atoms with Gasteiger partial charge in [-0.1, -0.05) is 24.3 Å². The third-order valence-corrected chi connectivity index (χ3v) is 6.17. The first kappa shape index (κ1) is 18.4. The molecule has 1 amide bonds. The average Bonchev–Trinajstić information content (AvgIpc) is 2.63. The first-order valence-electron chi connectivity index (χ1n) is 9.62. The van der Waals surface area contributed by atoms with E-state index in [1.807, 2.05) is 19.1 Å². The Balaban J connectivity index is 1.58. The maximum absolute atomic E-state index is 12.7. The molecule has 2 aliphatic rings. The summed E-state index contributed by atoms with van der Waals surface area (Å²) in [4.78, 5) is 14.8. The number of benzene rings is 1. The number of ether oxygens (including phenoxy) is 2. The van der Waals surface area contributed by atoms with E-state index in [4.69, 9.17) is 9.47 Å². The average molecular weight is 345 g/mol. The summed E-state index contributed by atoms with van der Waals surface area (Å²) in [5, 5.41) is 0. The molecule has 2 aliphatic heterocycles. The highest BCUT2D eigenvalue weighted by Gasteiger charge is 2.44. The molecule has 2 fully saturated rings. The lowest BCUT2D eigenvalue weighted by Crippen LogP contribution is -2.50. The van der Waals surface area contributed by atoms with Crippen LogP contribution < -0.4 is 0 Å². The Morgan fingerprint density at radius 3 is 2.76 bits per heavy atom. The van der Waals surface area contributed by atoms with Gasteiger partial charge in [-0.25, -0.2) is 0 Å². The maximum Gasteiger partial charge on any atom is 0.226 e. The molecule has 138 valence electrons. The van der Waals surface area contributed by atoms with Gasteiger partial charge in [0, 0.05) is 32.2 Å². The SMILES string of the molecule is CCOC[C@H]1COCCC12CCN(C(=O)Cc1ccccc1C)CC2. The van der Waals surface area contributed by atoms with Crippen LogP contribution in [0.25, 0.3) is 0 Å². The first-order valence-corrected chi connectivity index (χ1v) is 9.62. The fraction of sp³-hybridized carbons (Fsp3) is 0.667. The molecule has 1 spiro atoms. The van der Waals surface area contributed by atoms with Crippen LogP contribution in [0, 0.1) is 18.3 Å². The van der Waals surface area contributed by atoms with Crippen molar-refractivity contribution in [2.45, 2.75) is 39.5 Å². The standard InChI is InChI=1S/C21H31NO3/c1-3-24-15-19-16-25-13-10-21(19)8-11-22(12-9-21)20(23)14-18-7-5-4-6-17(18)2/h4-7,19H,3,8-16H2,1-2H3/t19-/m0/s1. The minimum absolute atomic E-state index is 0.262. The van der Waals surface area contributed by atoms with Gasteiger partial charge in [0.25, 0.3) is 0 Å². The molecule has 1 atom stereocenters. The Labute approximate surface area is 151 Å². The molecule has 3 rings (SSSR count). The predicted molar refractivity (Wildman–Crippen MR) is 98.5 cm³/mol. The molecule has 4 heteroatoms. The van der Waals surface area contributed by atoms with Crippen LogP contribution >= 0.6 is 0 Å². The van der Waals surface area contributed by atoms with Crippen molar-refractivity contribution >= 4 is 5.91 Å². The normalized spacial score (nSPS) is 23.0. The minimum Gasteiger partial charge on any atom is -0.381 e. The summed E-state index contributed by atoms with van der Waals surface area (Å²) in [6.45, 7) is 9.05. The maximum atomic E-state index is 12.7. The summed E-state index contributed by atoms with van der Waals surface area (Å²) in [6, 6.07) is 8.18. The molecule has 0 aliphatic carbocycles. The summed E-state index contributed by atoms with van der Waals surface area (Å²) in [5.41, 5.74) is 2.64. The molecule has 0 radical (unpaired) electrons. The highest BCUT2D eigenvalue weighted by molar-refractivity contribution is 5.79. The molecule has 0 N–H and O–H groups in total. The number of aryl methyl sites for hydroxylation is 1. The Morgan fingerprint density at radius 1 is 1.28 bits per heavy atom. The van der Waals surface area contributed by atoms with E-state index in [9.17, 15) is 4.79 Å². The third kappa shape index (κ3) is 4.24. The van der Waals surface area contributed by atoms with Gasteiger partial charge in [0.2, 0.25) is 5.91 Å². The second-order valence-corrected chi connectivity index (χ2v) is 7.53. The fourth-order valence-corrected chi connectivity index (χ4v) is 4.31. The fourth-order valence-electron chi connectivity index (χ4n) is 4.31. The van der Waals surface area contributed by atoms with Gasteiger partial charge in [0.05, 0.1) is 19.6 Å². The molecule has 0 saturated carbocycles. The number of carbonyl (C=O) groups is 1. The number of nitrogens with zero attached hydrogens (tertiary/aromatic N) is 1. The zero-order valence-electron chi connectivity index (χ0n) is 15.6. The highest BCUT2D eigenvalue weighted by atomic mass is 16.5. The van der Waals surface area contributed by atoms with E-state index in [0.29, 0.717) is 17.8 Å². The quantitative estimate of drug-likeness (QED) is 0.822. The molecule has 4 nitrogen and oxygen atoms in total. The van der Waals surface area contributed by atoms with Crippen molar-refractivity contribution in [2.24, 2.45) is 11.3 Å². The van der Waals surface area contributed by atoms with Crippen LogP contribution in [0.15, 0.2) is 24.3 Å². The topological polar surface area (TPSA) is 38.8 Å². The number of likely N-dealkylation sites (tertiary alicyclic amines) is 1. The van der Waals surface area contributed by atoms with Crippen LogP contribution in [0.2, 0.25) is 0 Å². The van der Waals surface area contributed by atoms with Crippen LogP contribution in [0.4, 0.5) is 0 Å². The van der Waals surface area contributed by atoms with E-state index < -0.39 is 0 Å². The summed E-state index contributed by atoms with van der Waals surface area (Å²) in [6.07, 6.45) is 3.77. The molecule has 1 aromatic carbocycles. The van der Waals surface area contributed by atoms with Crippen LogP contribution in [0.1, 0.15) is 37.3 Å². The summed E-state index contributed by atoms with van der Waals surface area (Å²) < 4.78 is 11.4. The van der Waals surface area contributed by atoms with Crippen molar-refractivity contribution in [1.82, 2.24) is 4.90 Å². The zero-order valence-corrected chi connectivity index (χ0v) is 15.6. The third-order valence-electron chi connectivity index (χ3n) is 6.17. The largest absolute Gasteiger partial charge is 0.381 e. The number of amides is 1. The molecule has 0 aromatic heterocycles. The summed E-state index contributed by atoms with van der Waals surface area (Å²) >= 11 is 0. The monoisotopic (exact) mass is 345 g/mol. The van der Waals surface area contributed by atoms with Crippen molar-refractivity contribution in [3.8, 4) is 0 Å². The van der Waals surface area contributed by atoms with Crippen LogP contribution in [0.3, 0.4) is 0 Å². The molecule has 0 bridgehead atoms. The highest BCUT2D eigenvalue weighted by Crippen LogP contribution is 2.44. The lowest BCUT2D eigenvalue weighted by atomic mass is 9.66. The smallest absolute Gasteiger partial charge is 0.226 e. The van der Waals surface area contributed by atoms with Gasteiger partial charge < -0.3 is 14.4 Å². The van der Waals surface area contributed by atoms with Crippen molar-refractivity contribution in [3.05, 3.63) is 35.4 Å². The Morgan fingerprint density at radius 2 is 2.04 bits per heavy atom. The number of carbonyl (C=O) groups excluding carboxylic acids is 1. The second-order valence-electron chi connectivity index (χ2n) is 7.53. The Hall–Kier alpha value is -1.39. The van der Waals surface area contributed by atoms with E-state index in [2.05, 4.69) is 24.0 Å². The van der Waals surface area contributed by atoms with E-state index in [-0.39, 0.29) is 5.91 Å². The van der Waals surface area contributed by atoms with E-state index in [1.165, 1.54) is 5.56 Å². The van der Waals surface area contributed by atoms with E-state index in [0.717, 1.165) is 64.3 Å². The van der Waals surface area contributed by atoms with Crippen molar-refractivity contribution in [1.29, 1.82) is 0 Å². The number of rotatable bonds is 5. The van der Waals surface area contributed by atoms with Gasteiger partial charge in [-0.3, -0.25) is 4.79 Å². The van der Waals surface area contributed by atoms with Crippen LogP contribution in [-0.2, 0) is 20.7 Å². The lowest BCUT2D eigenvalue weighted by Gasteiger charge is -2.49. The van der Waals surface area contributed by atoms with Gasteiger partial charge in [0.15, 0.2) is 0 Å². The molecular weight excluding hydrogens is 314 g/mol. The number of hydrogen-bond acceptors (Lipinski definition) is 3. The van der Waals surface area contributed by atoms with E-state index in [1.54, 1.807) is 0 Å². The number of piperidine rings is 1. The zero-order chi connectivity index (χ0) is 17.7. The number of hydrogen-bond donors (Lipinski definition) is 0.